The van der Waals surface area contributed by atoms with Crippen molar-refractivity contribution in [2.24, 2.45) is 11.8 Å². The van der Waals surface area contributed by atoms with Crippen molar-refractivity contribution >= 4 is 11.8 Å². The first-order valence-electron chi connectivity index (χ1n) is 12.9. The molecule has 2 aromatic carbocycles. The lowest BCUT2D eigenvalue weighted by Gasteiger charge is -2.27. The van der Waals surface area contributed by atoms with E-state index in [1.165, 1.54) is 38.5 Å². The van der Waals surface area contributed by atoms with E-state index in [2.05, 4.69) is 22.1 Å². The molecule has 1 heterocycles. The minimum Gasteiger partial charge on any atom is -0.478 e. The van der Waals surface area contributed by atoms with Crippen molar-refractivity contribution in [2.45, 2.75) is 71.1 Å². The molecule has 0 amide bonds. The maximum absolute atomic E-state index is 13.1. The maximum atomic E-state index is 13.1. The molecule has 0 spiro atoms. The van der Waals surface area contributed by atoms with Crippen LogP contribution in [-0.4, -0.2) is 32.0 Å². The summed E-state index contributed by atoms with van der Waals surface area (Å²) in [5.74, 6) is 0.799. The van der Waals surface area contributed by atoms with Gasteiger partial charge in [0.05, 0.1) is 5.56 Å². The number of ketones is 1. The molecule has 1 saturated carbocycles. The van der Waals surface area contributed by atoms with Gasteiger partial charge in [-0.1, -0.05) is 94.3 Å². The number of aromatic nitrogens is 3. The number of hydrogen-bond donors (Lipinski definition) is 2. The molecular formula is C29H35N3O3. The van der Waals surface area contributed by atoms with Gasteiger partial charge in [-0.2, -0.15) is 5.10 Å². The Labute approximate surface area is 207 Å². The second-order valence-electron chi connectivity index (χ2n) is 9.77. The van der Waals surface area contributed by atoms with E-state index in [1.54, 1.807) is 12.1 Å². The summed E-state index contributed by atoms with van der Waals surface area (Å²) in [7, 11) is 0. The van der Waals surface area contributed by atoms with E-state index in [-0.39, 0.29) is 17.3 Å². The fraction of sp³-hybridized carbons (Fsp3) is 0.448. The molecule has 1 aliphatic rings. The highest BCUT2D eigenvalue weighted by Gasteiger charge is 2.29. The van der Waals surface area contributed by atoms with Gasteiger partial charge in [0.15, 0.2) is 0 Å². The lowest BCUT2D eigenvalue weighted by atomic mass is 9.77. The highest BCUT2D eigenvalue weighted by Crippen LogP contribution is 2.34. The van der Waals surface area contributed by atoms with Gasteiger partial charge in [-0.15, -0.1) is 0 Å². The van der Waals surface area contributed by atoms with Crippen LogP contribution in [0.4, 0.5) is 0 Å². The molecule has 2 N–H and O–H groups in total. The molecule has 35 heavy (non-hydrogen) atoms. The number of H-pyrrole nitrogens is 1. The Bertz CT molecular complexity index is 1140. The Morgan fingerprint density at radius 3 is 2.60 bits per heavy atom. The molecule has 0 saturated heterocycles. The number of unbranched alkanes of at least 4 members (excludes halogenated alkanes) is 3. The van der Waals surface area contributed by atoms with E-state index in [1.807, 2.05) is 36.4 Å². The smallest absolute Gasteiger partial charge is 0.336 e. The van der Waals surface area contributed by atoms with Crippen LogP contribution in [0, 0.1) is 11.8 Å². The highest BCUT2D eigenvalue weighted by atomic mass is 16.4. The Balaban J connectivity index is 1.36. The van der Waals surface area contributed by atoms with Crippen molar-refractivity contribution in [1.82, 2.24) is 15.2 Å². The third kappa shape index (κ3) is 6.44. The average Bonchev–Trinajstić information content (AvgIpc) is 3.35. The summed E-state index contributed by atoms with van der Waals surface area (Å²) in [6.07, 6.45) is 11.1. The molecule has 2 unspecified atom stereocenters. The van der Waals surface area contributed by atoms with Crippen molar-refractivity contribution in [2.75, 3.05) is 0 Å². The van der Waals surface area contributed by atoms with Gasteiger partial charge in [0.2, 0.25) is 11.6 Å². The van der Waals surface area contributed by atoms with E-state index in [9.17, 15) is 14.7 Å². The molecule has 4 rings (SSSR count). The summed E-state index contributed by atoms with van der Waals surface area (Å²) in [6, 6.07) is 14.7. The van der Waals surface area contributed by atoms with Crippen LogP contribution in [0.2, 0.25) is 0 Å². The van der Waals surface area contributed by atoms with E-state index in [0.29, 0.717) is 29.6 Å². The largest absolute Gasteiger partial charge is 0.478 e. The van der Waals surface area contributed by atoms with Gasteiger partial charge in [0.1, 0.15) is 5.82 Å². The predicted molar refractivity (Wildman–Crippen MR) is 137 cm³/mol. The quantitative estimate of drug-likeness (QED) is 0.238. The topological polar surface area (TPSA) is 95.9 Å². The number of hydrogen-bond acceptors (Lipinski definition) is 4. The number of nitrogens with one attached hydrogen (secondary N) is 1. The summed E-state index contributed by atoms with van der Waals surface area (Å²) in [6.45, 7) is 2.23. The Hall–Kier alpha value is -3.28. The summed E-state index contributed by atoms with van der Waals surface area (Å²) >= 11 is 0. The van der Waals surface area contributed by atoms with Gasteiger partial charge in [-0.3, -0.25) is 9.89 Å². The van der Waals surface area contributed by atoms with Crippen molar-refractivity contribution in [1.29, 1.82) is 0 Å². The number of aromatic amines is 1. The Morgan fingerprint density at radius 2 is 1.83 bits per heavy atom. The lowest BCUT2D eigenvalue weighted by Crippen LogP contribution is -2.24. The monoisotopic (exact) mass is 473 g/mol. The fourth-order valence-corrected chi connectivity index (χ4v) is 5.24. The number of carbonyl (C=O) groups excluding carboxylic acids is 1. The molecule has 1 fully saturated rings. The zero-order valence-electron chi connectivity index (χ0n) is 20.5. The van der Waals surface area contributed by atoms with Crippen LogP contribution in [-0.2, 0) is 6.42 Å². The van der Waals surface area contributed by atoms with Gasteiger partial charge in [0.25, 0.3) is 0 Å². The molecule has 0 bridgehead atoms. The maximum Gasteiger partial charge on any atom is 0.336 e. The number of carbonyl (C=O) groups is 2. The van der Waals surface area contributed by atoms with E-state index in [4.69, 9.17) is 0 Å². The standard InChI is InChI=1S/C29H35N3O3/c1-2-3-4-5-9-20-10-8-11-23(18-20)27(33)28-30-26(31-32-28)19-21-14-16-22(17-15-21)24-12-6-7-13-25(24)29(34)35/h6-7,12-17,20,23H,2-5,8-11,18-19H2,1H3,(H,34,35)(H,30,31,32). The highest BCUT2D eigenvalue weighted by molar-refractivity contribution is 5.96. The zero-order valence-corrected chi connectivity index (χ0v) is 20.5. The number of aromatic carboxylic acids is 1. The predicted octanol–water partition coefficient (Wildman–Crippen LogP) is 6.72. The van der Waals surface area contributed by atoms with E-state index >= 15 is 0 Å². The summed E-state index contributed by atoms with van der Waals surface area (Å²) in [5.41, 5.74) is 2.84. The number of carboxylic acids is 1. The van der Waals surface area contributed by atoms with Gasteiger partial charge < -0.3 is 5.11 Å². The molecular weight excluding hydrogens is 438 g/mol. The second-order valence-corrected chi connectivity index (χ2v) is 9.77. The number of benzene rings is 2. The van der Waals surface area contributed by atoms with E-state index in [0.717, 1.165) is 30.4 Å². The second kappa shape index (κ2) is 11.9. The van der Waals surface area contributed by atoms with Crippen molar-refractivity contribution in [3.63, 3.8) is 0 Å². The third-order valence-corrected chi connectivity index (χ3v) is 7.17. The molecule has 184 valence electrons. The SMILES string of the molecule is CCCCCCC1CCCC(C(=O)c2n[nH]c(Cc3ccc(-c4ccccc4C(=O)O)cc3)n2)C1. The van der Waals surface area contributed by atoms with Crippen molar-refractivity contribution in [3.8, 4) is 11.1 Å². The van der Waals surface area contributed by atoms with Crippen molar-refractivity contribution in [3.05, 3.63) is 71.3 Å². The molecule has 0 aliphatic heterocycles. The first-order chi connectivity index (χ1) is 17.0. The summed E-state index contributed by atoms with van der Waals surface area (Å²) < 4.78 is 0. The van der Waals surface area contributed by atoms with Crippen LogP contribution in [0.25, 0.3) is 11.1 Å². The molecule has 1 aromatic heterocycles. The molecule has 1 aliphatic carbocycles. The Morgan fingerprint density at radius 1 is 1.03 bits per heavy atom. The number of rotatable bonds is 11. The Kier molecular flexibility index (Phi) is 8.45. The number of nitrogens with zero attached hydrogens (tertiary/aromatic N) is 2. The van der Waals surface area contributed by atoms with Crippen LogP contribution in [0.1, 0.15) is 97.1 Å². The molecule has 6 heteroatoms. The van der Waals surface area contributed by atoms with Crippen LogP contribution >= 0.6 is 0 Å². The number of carboxylic acid groups (broad SMARTS) is 1. The van der Waals surface area contributed by atoms with Gasteiger partial charge in [-0.25, -0.2) is 9.78 Å². The average molecular weight is 474 g/mol. The van der Waals surface area contributed by atoms with E-state index < -0.39 is 5.97 Å². The molecule has 2 atom stereocenters. The molecule has 0 radical (unpaired) electrons. The van der Waals surface area contributed by atoms with Gasteiger partial charge >= 0.3 is 5.97 Å². The van der Waals surface area contributed by atoms with Crippen LogP contribution in [0.5, 0.6) is 0 Å². The van der Waals surface area contributed by atoms with Crippen LogP contribution in [0.3, 0.4) is 0 Å². The number of Topliss-reactive ketones (excluding diaryl/α,β-unsaturated/α-hetero) is 1. The van der Waals surface area contributed by atoms with Gasteiger partial charge in [0, 0.05) is 12.3 Å². The third-order valence-electron chi connectivity index (χ3n) is 7.17. The molecule has 3 aromatic rings. The van der Waals surface area contributed by atoms with Crippen LogP contribution < -0.4 is 0 Å². The molecule has 6 nitrogen and oxygen atoms in total. The summed E-state index contributed by atoms with van der Waals surface area (Å²) in [4.78, 5) is 29.1. The lowest BCUT2D eigenvalue weighted by molar-refractivity contribution is 0.0697. The van der Waals surface area contributed by atoms with Crippen molar-refractivity contribution < 1.29 is 14.7 Å². The normalized spacial score (nSPS) is 17.9. The fourth-order valence-electron chi connectivity index (χ4n) is 5.24. The first kappa shape index (κ1) is 24.8. The summed E-state index contributed by atoms with van der Waals surface area (Å²) in [5, 5.41) is 16.6. The minimum absolute atomic E-state index is 0.0390. The minimum atomic E-state index is -0.940. The zero-order chi connectivity index (χ0) is 24.6. The first-order valence-corrected chi connectivity index (χ1v) is 12.9. The van der Waals surface area contributed by atoms with Gasteiger partial charge in [-0.05, 0) is 41.5 Å². The van der Waals surface area contributed by atoms with Crippen LogP contribution in [0.15, 0.2) is 48.5 Å².